The zero-order chi connectivity index (χ0) is 29.8. The Bertz CT molecular complexity index is 1660. The predicted octanol–water partition coefficient (Wildman–Crippen LogP) is 8.06. The van der Waals surface area contributed by atoms with Gasteiger partial charge in [0.2, 0.25) is 5.76 Å². The molecule has 1 N–H and O–H groups in total. The van der Waals surface area contributed by atoms with Gasteiger partial charge in [0.05, 0.1) is 18.6 Å². The first-order valence-corrected chi connectivity index (χ1v) is 12.9. The SMILES string of the molecule is O=C(O)C[C@@H]1COc2cc(OC3CCc4c3ccc(C(F)(F)F)c4-c3ccc(-c4cc(C(F)(F)F)on4)cc3)ccc21. The average molecular weight is 589 g/mol. The molecule has 1 unspecified atom stereocenters. The third-order valence-corrected chi connectivity index (χ3v) is 7.48. The summed E-state index contributed by atoms with van der Waals surface area (Å²) in [6, 6.07) is 13.9. The Labute approximate surface area is 234 Å². The number of fused-ring (bicyclic) bond motifs is 2. The van der Waals surface area contributed by atoms with Gasteiger partial charge in [-0.2, -0.15) is 26.3 Å². The Balaban J connectivity index is 1.30. The molecular formula is C30H21F6NO5. The summed E-state index contributed by atoms with van der Waals surface area (Å²) in [7, 11) is 0. The highest BCUT2D eigenvalue weighted by Crippen LogP contribution is 2.47. The van der Waals surface area contributed by atoms with E-state index in [2.05, 4.69) is 9.68 Å². The van der Waals surface area contributed by atoms with Crippen LogP contribution >= 0.6 is 0 Å². The highest BCUT2D eigenvalue weighted by atomic mass is 19.4. The molecule has 6 nitrogen and oxygen atoms in total. The molecule has 4 aromatic rings. The summed E-state index contributed by atoms with van der Waals surface area (Å²) in [6.45, 7) is 0.236. The minimum Gasteiger partial charge on any atom is -0.492 e. The van der Waals surface area contributed by atoms with E-state index in [1.54, 1.807) is 18.2 Å². The van der Waals surface area contributed by atoms with E-state index >= 15 is 0 Å². The van der Waals surface area contributed by atoms with E-state index in [9.17, 15) is 31.1 Å². The summed E-state index contributed by atoms with van der Waals surface area (Å²) >= 11 is 0. The van der Waals surface area contributed by atoms with Gasteiger partial charge in [-0.3, -0.25) is 4.79 Å². The Morgan fingerprint density at radius 3 is 2.31 bits per heavy atom. The number of carboxylic acids is 1. The first kappa shape index (κ1) is 27.7. The van der Waals surface area contributed by atoms with Crippen LogP contribution < -0.4 is 9.47 Å². The molecule has 3 aromatic carbocycles. The first-order valence-electron chi connectivity index (χ1n) is 12.9. The zero-order valence-electron chi connectivity index (χ0n) is 21.6. The number of hydrogen-bond acceptors (Lipinski definition) is 5. The quantitative estimate of drug-likeness (QED) is 0.229. The van der Waals surface area contributed by atoms with Gasteiger partial charge in [-0.25, -0.2) is 0 Å². The second-order valence-electron chi connectivity index (χ2n) is 10.2. The van der Waals surface area contributed by atoms with E-state index in [0.29, 0.717) is 35.5 Å². The molecule has 0 saturated carbocycles. The third kappa shape index (κ3) is 5.17. The summed E-state index contributed by atoms with van der Waals surface area (Å²) in [6.07, 6.45) is -9.25. The molecule has 0 radical (unpaired) electrons. The van der Waals surface area contributed by atoms with Crippen LogP contribution in [0.3, 0.4) is 0 Å². The van der Waals surface area contributed by atoms with Crippen LogP contribution in [-0.4, -0.2) is 22.8 Å². The van der Waals surface area contributed by atoms with Crippen molar-refractivity contribution in [2.24, 2.45) is 0 Å². The van der Waals surface area contributed by atoms with E-state index in [4.69, 9.17) is 14.6 Å². The van der Waals surface area contributed by atoms with E-state index in [1.807, 2.05) is 0 Å². The number of aromatic nitrogens is 1. The topological polar surface area (TPSA) is 81.8 Å². The van der Waals surface area contributed by atoms with Crippen molar-refractivity contribution in [2.45, 2.75) is 43.6 Å². The number of ether oxygens (including phenoxy) is 2. The number of carboxylic acid groups (broad SMARTS) is 1. The fraction of sp³-hybridized carbons (Fsp3) is 0.267. The van der Waals surface area contributed by atoms with E-state index in [-0.39, 0.29) is 41.3 Å². The Morgan fingerprint density at radius 1 is 0.929 bits per heavy atom. The lowest BCUT2D eigenvalue weighted by Crippen LogP contribution is -2.10. The number of rotatable bonds is 6. The summed E-state index contributed by atoms with van der Waals surface area (Å²) in [5.74, 6) is -1.53. The van der Waals surface area contributed by atoms with Crippen molar-refractivity contribution in [3.05, 3.63) is 88.7 Å². The molecular weight excluding hydrogens is 568 g/mol. The average Bonchev–Trinajstić information content (AvgIpc) is 3.67. The standard InChI is InChI=1S/C30H21F6NO5/c31-29(32,33)22-9-7-20-21(28(22)16-3-1-15(2-4-16)23-13-26(42-37-23)30(34,35)36)8-10-24(20)41-18-5-6-19-17(11-27(38)39)14-40-25(19)12-18/h1-7,9,12-13,17,24H,8,10-11,14H2,(H,38,39)/t17-,24?/m1/s1. The minimum atomic E-state index is -4.72. The van der Waals surface area contributed by atoms with Crippen molar-refractivity contribution >= 4 is 5.97 Å². The molecule has 2 aliphatic rings. The number of nitrogens with zero attached hydrogens (tertiary/aromatic N) is 1. The van der Waals surface area contributed by atoms with Crippen molar-refractivity contribution in [1.82, 2.24) is 5.16 Å². The van der Waals surface area contributed by atoms with E-state index < -0.39 is 35.7 Å². The summed E-state index contributed by atoms with van der Waals surface area (Å²) in [5.41, 5.74) is 1.40. The minimum absolute atomic E-state index is 0.0115. The number of aliphatic carboxylic acids is 1. The maximum Gasteiger partial charge on any atom is 0.452 e. The van der Waals surface area contributed by atoms with Crippen LogP contribution in [0.5, 0.6) is 11.5 Å². The lowest BCUT2D eigenvalue weighted by atomic mass is 9.90. The molecule has 6 rings (SSSR count). The molecule has 0 fully saturated rings. The van der Waals surface area contributed by atoms with Crippen LogP contribution in [0.4, 0.5) is 26.3 Å². The Kier molecular flexibility index (Phi) is 6.66. The predicted molar refractivity (Wildman–Crippen MR) is 136 cm³/mol. The van der Waals surface area contributed by atoms with Gasteiger partial charge in [0.15, 0.2) is 0 Å². The Hall–Kier alpha value is -4.48. The number of hydrogen-bond donors (Lipinski definition) is 1. The highest BCUT2D eigenvalue weighted by molar-refractivity contribution is 5.76. The molecule has 1 aliphatic heterocycles. The maximum atomic E-state index is 14.1. The number of alkyl halides is 6. The molecule has 0 spiro atoms. The first-order chi connectivity index (χ1) is 19.9. The molecule has 0 amide bonds. The normalized spacial score (nSPS) is 18.0. The van der Waals surface area contributed by atoms with Crippen LogP contribution in [0.1, 0.15) is 52.9 Å². The fourth-order valence-electron chi connectivity index (χ4n) is 5.58. The summed E-state index contributed by atoms with van der Waals surface area (Å²) in [5, 5.41) is 12.5. The van der Waals surface area contributed by atoms with Gasteiger partial charge in [-0.15, -0.1) is 0 Å². The molecule has 218 valence electrons. The molecule has 2 heterocycles. The lowest BCUT2D eigenvalue weighted by molar-refractivity contribution is -0.155. The van der Waals surface area contributed by atoms with Crippen molar-refractivity contribution in [2.75, 3.05) is 6.61 Å². The highest BCUT2D eigenvalue weighted by Gasteiger charge is 2.39. The molecule has 2 atom stereocenters. The number of benzene rings is 3. The molecule has 42 heavy (non-hydrogen) atoms. The van der Waals surface area contributed by atoms with Crippen molar-refractivity contribution < 1.29 is 50.2 Å². The van der Waals surface area contributed by atoms with Crippen molar-refractivity contribution in [1.29, 1.82) is 0 Å². The van der Waals surface area contributed by atoms with Gasteiger partial charge < -0.3 is 19.1 Å². The Morgan fingerprint density at radius 2 is 1.64 bits per heavy atom. The largest absolute Gasteiger partial charge is 0.492 e. The fourth-order valence-corrected chi connectivity index (χ4v) is 5.58. The van der Waals surface area contributed by atoms with Gasteiger partial charge in [0.1, 0.15) is 23.3 Å². The van der Waals surface area contributed by atoms with Gasteiger partial charge in [0, 0.05) is 29.2 Å². The molecule has 12 heteroatoms. The number of halogens is 6. The van der Waals surface area contributed by atoms with Gasteiger partial charge in [0.25, 0.3) is 0 Å². The molecule has 1 aliphatic carbocycles. The second kappa shape index (κ2) is 10.1. The van der Waals surface area contributed by atoms with Crippen LogP contribution in [-0.2, 0) is 23.6 Å². The lowest BCUT2D eigenvalue weighted by Gasteiger charge is -2.20. The maximum absolute atomic E-state index is 14.1. The zero-order valence-corrected chi connectivity index (χ0v) is 21.6. The summed E-state index contributed by atoms with van der Waals surface area (Å²) in [4.78, 5) is 11.1. The van der Waals surface area contributed by atoms with Crippen LogP contribution in [0.15, 0.2) is 65.2 Å². The van der Waals surface area contributed by atoms with Crippen LogP contribution in [0, 0.1) is 0 Å². The van der Waals surface area contributed by atoms with Gasteiger partial charge in [-0.05, 0) is 47.2 Å². The summed E-state index contributed by atoms with van der Waals surface area (Å²) < 4.78 is 97.3. The van der Waals surface area contributed by atoms with Gasteiger partial charge in [-0.1, -0.05) is 41.6 Å². The monoisotopic (exact) mass is 589 g/mol. The van der Waals surface area contributed by atoms with E-state index in [1.165, 1.54) is 30.3 Å². The molecule has 1 aromatic heterocycles. The number of carbonyl (C=O) groups is 1. The van der Waals surface area contributed by atoms with Gasteiger partial charge >= 0.3 is 18.3 Å². The second-order valence-corrected chi connectivity index (χ2v) is 10.2. The molecule has 0 bridgehead atoms. The van der Waals surface area contributed by atoms with Crippen molar-refractivity contribution in [3.63, 3.8) is 0 Å². The smallest absolute Gasteiger partial charge is 0.452 e. The molecule has 0 saturated heterocycles. The van der Waals surface area contributed by atoms with E-state index in [0.717, 1.165) is 17.7 Å². The van der Waals surface area contributed by atoms with Crippen LogP contribution in [0.2, 0.25) is 0 Å². The third-order valence-electron chi connectivity index (χ3n) is 7.48. The van der Waals surface area contributed by atoms with Crippen LogP contribution in [0.25, 0.3) is 22.4 Å². The van der Waals surface area contributed by atoms with Crippen molar-refractivity contribution in [3.8, 4) is 33.9 Å².